The van der Waals surface area contributed by atoms with Gasteiger partial charge in [-0.2, -0.15) is 4.98 Å². The van der Waals surface area contributed by atoms with Crippen LogP contribution in [0.4, 0.5) is 0 Å². The minimum Gasteiger partial charge on any atom is -0.465 e. The first-order valence-corrected chi connectivity index (χ1v) is 7.10. The molecule has 1 atom stereocenters. The number of rotatable bonds is 8. The molecule has 0 bridgehead atoms. The van der Waals surface area contributed by atoms with E-state index in [-0.39, 0.29) is 5.97 Å². The van der Waals surface area contributed by atoms with Crippen LogP contribution >= 0.6 is 0 Å². The number of hydrogen-bond acceptors (Lipinski definition) is 6. The molecule has 1 rings (SSSR count). The van der Waals surface area contributed by atoms with Gasteiger partial charge in [0.15, 0.2) is 0 Å². The molecule has 20 heavy (non-hydrogen) atoms. The molecule has 0 saturated heterocycles. The van der Waals surface area contributed by atoms with Crippen molar-refractivity contribution < 1.29 is 18.8 Å². The molecule has 1 heterocycles. The Morgan fingerprint density at radius 1 is 1.30 bits per heavy atom. The first kappa shape index (κ1) is 16.6. The predicted molar refractivity (Wildman–Crippen MR) is 73.2 cm³/mol. The van der Waals surface area contributed by atoms with E-state index >= 15 is 0 Å². The van der Waals surface area contributed by atoms with E-state index in [9.17, 15) is 4.79 Å². The Morgan fingerprint density at radius 3 is 2.55 bits per heavy atom. The van der Waals surface area contributed by atoms with Gasteiger partial charge in [0.05, 0.1) is 6.61 Å². The molecule has 0 radical (unpaired) electrons. The van der Waals surface area contributed by atoms with Gasteiger partial charge in [-0.3, -0.25) is 4.79 Å². The van der Waals surface area contributed by atoms with Crippen molar-refractivity contribution in [3.63, 3.8) is 0 Å². The van der Waals surface area contributed by atoms with E-state index in [1.54, 1.807) is 6.92 Å². The van der Waals surface area contributed by atoms with Crippen LogP contribution in [0, 0.1) is 0 Å². The number of carbonyl (C=O) groups excluding carboxylic acids is 1. The zero-order valence-electron chi connectivity index (χ0n) is 12.9. The summed E-state index contributed by atoms with van der Waals surface area (Å²) in [6, 6.07) is 0. The monoisotopic (exact) mass is 284 g/mol. The fourth-order valence-corrected chi connectivity index (χ4v) is 1.92. The van der Waals surface area contributed by atoms with E-state index in [1.807, 2.05) is 27.7 Å². The summed E-state index contributed by atoms with van der Waals surface area (Å²) in [6.07, 6.45) is 1.45. The van der Waals surface area contributed by atoms with Crippen LogP contribution < -0.4 is 0 Å². The first-order chi connectivity index (χ1) is 9.46. The van der Waals surface area contributed by atoms with E-state index < -0.39 is 11.5 Å². The lowest BCUT2D eigenvalue weighted by atomic mass is 10.0. The van der Waals surface area contributed by atoms with Gasteiger partial charge in [-0.25, -0.2) is 0 Å². The molecular formula is C14H24N2O4. The van der Waals surface area contributed by atoms with E-state index in [4.69, 9.17) is 14.0 Å². The smallest absolute Gasteiger partial charge is 0.318 e. The molecular weight excluding hydrogens is 260 g/mol. The minimum atomic E-state index is -0.637. The third kappa shape index (κ3) is 4.03. The lowest BCUT2D eigenvalue weighted by molar-refractivity contribution is -0.145. The Balaban J connectivity index is 2.94. The second kappa shape index (κ2) is 7.38. The quantitative estimate of drug-likeness (QED) is 0.683. The van der Waals surface area contributed by atoms with Crippen LogP contribution in [0.2, 0.25) is 0 Å². The molecule has 1 aromatic rings. The van der Waals surface area contributed by atoms with E-state index in [0.717, 1.165) is 6.42 Å². The lowest BCUT2D eigenvalue weighted by Gasteiger charge is -2.19. The summed E-state index contributed by atoms with van der Waals surface area (Å²) >= 11 is 0. The molecule has 6 nitrogen and oxygen atoms in total. The molecule has 0 aliphatic rings. The second-order valence-corrected chi connectivity index (χ2v) is 4.99. The Morgan fingerprint density at radius 2 is 2.00 bits per heavy atom. The Kier molecular flexibility index (Phi) is 6.13. The molecule has 6 heteroatoms. The summed E-state index contributed by atoms with van der Waals surface area (Å²) in [5.74, 6) is -0.0785. The summed E-state index contributed by atoms with van der Waals surface area (Å²) in [7, 11) is 0. The van der Waals surface area contributed by atoms with Crippen molar-refractivity contribution in [2.45, 2.75) is 59.0 Å². The Bertz CT molecular complexity index is 429. The van der Waals surface area contributed by atoms with Gasteiger partial charge < -0.3 is 14.0 Å². The Labute approximate surface area is 119 Å². The van der Waals surface area contributed by atoms with Crippen LogP contribution in [0.25, 0.3) is 0 Å². The van der Waals surface area contributed by atoms with Crippen LogP contribution in [0.15, 0.2) is 4.52 Å². The molecule has 0 amide bonds. The van der Waals surface area contributed by atoms with Gasteiger partial charge in [0.25, 0.3) is 0 Å². The number of ether oxygens (including phenoxy) is 2. The first-order valence-electron chi connectivity index (χ1n) is 7.10. The van der Waals surface area contributed by atoms with Crippen molar-refractivity contribution in [2.75, 3.05) is 13.2 Å². The molecule has 114 valence electrons. The number of aromatic nitrogens is 2. The highest BCUT2D eigenvalue weighted by molar-refractivity contribution is 5.76. The molecule has 1 aromatic heterocycles. The van der Waals surface area contributed by atoms with E-state index in [0.29, 0.717) is 31.3 Å². The molecule has 0 spiro atoms. The van der Waals surface area contributed by atoms with Crippen molar-refractivity contribution in [3.05, 3.63) is 11.7 Å². The maximum atomic E-state index is 11.9. The van der Waals surface area contributed by atoms with Gasteiger partial charge in [-0.1, -0.05) is 18.5 Å². The molecule has 0 saturated carbocycles. The predicted octanol–water partition coefficient (Wildman–Crippen LogP) is 2.79. The molecule has 0 aliphatic heterocycles. The highest BCUT2D eigenvalue weighted by Gasteiger charge is 2.32. The average molecular weight is 284 g/mol. The fourth-order valence-electron chi connectivity index (χ4n) is 1.92. The topological polar surface area (TPSA) is 74.5 Å². The summed E-state index contributed by atoms with van der Waals surface area (Å²) in [6.45, 7) is 10.3. The minimum absolute atomic E-state index is 0.299. The lowest BCUT2D eigenvalue weighted by Crippen LogP contribution is -2.23. The van der Waals surface area contributed by atoms with Gasteiger partial charge >= 0.3 is 5.97 Å². The van der Waals surface area contributed by atoms with Crippen LogP contribution in [-0.2, 0) is 19.9 Å². The second-order valence-electron chi connectivity index (χ2n) is 4.99. The van der Waals surface area contributed by atoms with Gasteiger partial charge in [-0.15, -0.1) is 0 Å². The molecule has 0 aliphatic carbocycles. The third-order valence-electron chi connectivity index (χ3n) is 2.93. The van der Waals surface area contributed by atoms with Gasteiger partial charge in [0.1, 0.15) is 11.5 Å². The van der Waals surface area contributed by atoms with E-state index in [1.165, 1.54) is 0 Å². The van der Waals surface area contributed by atoms with Gasteiger partial charge in [0.2, 0.25) is 11.7 Å². The van der Waals surface area contributed by atoms with Gasteiger partial charge in [0, 0.05) is 6.61 Å². The number of carbonyl (C=O) groups is 1. The number of hydrogen-bond donors (Lipinski definition) is 0. The average Bonchev–Trinajstić information content (AvgIpc) is 2.86. The molecule has 0 aromatic carbocycles. The fraction of sp³-hybridized carbons (Fsp3) is 0.786. The van der Waals surface area contributed by atoms with E-state index in [2.05, 4.69) is 10.1 Å². The summed E-state index contributed by atoms with van der Waals surface area (Å²) in [4.78, 5) is 16.3. The van der Waals surface area contributed by atoms with Crippen molar-refractivity contribution in [2.24, 2.45) is 0 Å². The van der Waals surface area contributed by atoms with Crippen molar-refractivity contribution in [1.29, 1.82) is 0 Å². The normalized spacial score (nSPS) is 13.2. The highest BCUT2D eigenvalue weighted by Crippen LogP contribution is 2.26. The molecule has 1 unspecified atom stereocenters. The SMILES string of the molecule is CCCC(C(=O)OCC)c1nc(C(C)(C)OCC)no1. The maximum Gasteiger partial charge on any atom is 0.318 e. The largest absolute Gasteiger partial charge is 0.465 e. The zero-order valence-corrected chi connectivity index (χ0v) is 12.9. The number of esters is 1. The van der Waals surface area contributed by atoms with Crippen LogP contribution in [0.3, 0.4) is 0 Å². The van der Waals surface area contributed by atoms with Crippen LogP contribution in [0.1, 0.15) is 65.1 Å². The Hall–Kier alpha value is -1.43. The summed E-state index contributed by atoms with van der Waals surface area (Å²) in [5, 5.41) is 3.93. The highest BCUT2D eigenvalue weighted by atomic mass is 16.5. The van der Waals surface area contributed by atoms with Crippen molar-refractivity contribution in [3.8, 4) is 0 Å². The molecule has 0 fully saturated rings. The molecule has 0 N–H and O–H groups in total. The summed E-state index contributed by atoms with van der Waals surface area (Å²) in [5.41, 5.74) is -0.637. The van der Waals surface area contributed by atoms with Gasteiger partial charge in [-0.05, 0) is 34.1 Å². The van der Waals surface area contributed by atoms with Crippen LogP contribution in [0.5, 0.6) is 0 Å². The zero-order chi connectivity index (χ0) is 15.2. The van der Waals surface area contributed by atoms with Crippen LogP contribution in [-0.4, -0.2) is 29.3 Å². The standard InChI is InChI=1S/C14H24N2O4/c1-6-9-10(12(17)18-7-2)11-15-13(16-20-11)14(4,5)19-8-3/h10H,6-9H2,1-5H3. The van der Waals surface area contributed by atoms with Crippen molar-refractivity contribution >= 4 is 5.97 Å². The third-order valence-corrected chi connectivity index (χ3v) is 2.93. The maximum absolute atomic E-state index is 11.9. The summed E-state index contributed by atoms with van der Waals surface area (Å²) < 4.78 is 15.9. The number of nitrogens with zero attached hydrogens (tertiary/aromatic N) is 2. The van der Waals surface area contributed by atoms with Crippen molar-refractivity contribution in [1.82, 2.24) is 10.1 Å².